The molecule has 0 bridgehead atoms. The molecule has 5 nitrogen and oxygen atoms in total. The van der Waals surface area contributed by atoms with Crippen LogP contribution < -0.4 is 14.4 Å². The Morgan fingerprint density at radius 3 is 2.27 bits per heavy atom. The fourth-order valence-electron chi connectivity index (χ4n) is 2.83. The summed E-state index contributed by atoms with van der Waals surface area (Å²) >= 11 is 0. The zero-order valence-corrected chi connectivity index (χ0v) is 13.2. The second kappa shape index (κ2) is 6.22. The van der Waals surface area contributed by atoms with Gasteiger partial charge in [0.25, 0.3) is 0 Å². The lowest BCUT2D eigenvalue weighted by Gasteiger charge is -2.17. The van der Waals surface area contributed by atoms with Crippen molar-refractivity contribution >= 4 is 5.95 Å². The van der Waals surface area contributed by atoms with E-state index in [2.05, 4.69) is 27.0 Å². The van der Waals surface area contributed by atoms with Crippen molar-refractivity contribution in [1.29, 1.82) is 0 Å². The van der Waals surface area contributed by atoms with Crippen LogP contribution >= 0.6 is 0 Å². The van der Waals surface area contributed by atoms with Crippen LogP contribution in [-0.4, -0.2) is 37.3 Å². The van der Waals surface area contributed by atoms with Crippen molar-refractivity contribution in [3.05, 3.63) is 41.7 Å². The molecular weight excluding hydrogens is 278 g/mol. The highest BCUT2D eigenvalue weighted by atomic mass is 16.5. The van der Waals surface area contributed by atoms with E-state index in [1.54, 1.807) is 14.2 Å². The van der Waals surface area contributed by atoms with E-state index in [0.29, 0.717) is 5.92 Å². The molecule has 2 aromatic rings. The lowest BCUT2D eigenvalue weighted by molar-refractivity contribution is 0.393. The molecule has 22 heavy (non-hydrogen) atoms. The Labute approximate surface area is 130 Å². The van der Waals surface area contributed by atoms with Crippen LogP contribution in [0.5, 0.6) is 11.5 Å². The van der Waals surface area contributed by atoms with Gasteiger partial charge in [-0.1, -0.05) is 0 Å². The third-order valence-corrected chi connectivity index (χ3v) is 4.08. The van der Waals surface area contributed by atoms with Gasteiger partial charge in [-0.3, -0.25) is 0 Å². The van der Waals surface area contributed by atoms with Crippen molar-refractivity contribution in [3.63, 3.8) is 0 Å². The fraction of sp³-hybridized carbons (Fsp3) is 0.412. The smallest absolute Gasteiger partial charge is 0.225 e. The van der Waals surface area contributed by atoms with Gasteiger partial charge in [0.05, 0.1) is 14.2 Å². The van der Waals surface area contributed by atoms with Crippen LogP contribution in [0.2, 0.25) is 0 Å². The number of aromatic nitrogens is 2. The molecule has 2 heterocycles. The molecule has 0 N–H and O–H groups in total. The van der Waals surface area contributed by atoms with E-state index in [4.69, 9.17) is 9.47 Å². The van der Waals surface area contributed by atoms with Crippen molar-refractivity contribution in [2.45, 2.75) is 19.3 Å². The van der Waals surface area contributed by atoms with Crippen LogP contribution in [0.15, 0.2) is 30.6 Å². The molecule has 0 saturated carbocycles. The van der Waals surface area contributed by atoms with Crippen LogP contribution in [0.25, 0.3) is 0 Å². The SMILES string of the molecule is COc1cc(OC)cc(C2CCN(c3ncc(C)cn3)C2)c1. The molecule has 3 rings (SSSR count). The number of methoxy groups -OCH3 is 2. The maximum atomic E-state index is 5.36. The zero-order valence-electron chi connectivity index (χ0n) is 13.2. The van der Waals surface area contributed by atoms with Gasteiger partial charge in [-0.05, 0) is 36.6 Å². The summed E-state index contributed by atoms with van der Waals surface area (Å²) < 4.78 is 10.7. The number of ether oxygens (including phenoxy) is 2. The first-order valence-electron chi connectivity index (χ1n) is 7.46. The molecule has 1 fully saturated rings. The van der Waals surface area contributed by atoms with Gasteiger partial charge in [-0.25, -0.2) is 9.97 Å². The molecule has 1 unspecified atom stereocenters. The predicted octanol–water partition coefficient (Wildman–Crippen LogP) is 2.80. The average Bonchev–Trinajstić information content (AvgIpc) is 3.05. The first-order chi connectivity index (χ1) is 10.7. The highest BCUT2D eigenvalue weighted by molar-refractivity contribution is 5.42. The number of hydrogen-bond donors (Lipinski definition) is 0. The Balaban J connectivity index is 1.78. The summed E-state index contributed by atoms with van der Waals surface area (Å²) in [5.74, 6) is 2.91. The van der Waals surface area contributed by atoms with Gasteiger partial charge in [0, 0.05) is 37.5 Å². The van der Waals surface area contributed by atoms with Gasteiger partial charge >= 0.3 is 0 Å². The Kier molecular flexibility index (Phi) is 4.13. The summed E-state index contributed by atoms with van der Waals surface area (Å²) in [4.78, 5) is 11.1. The zero-order chi connectivity index (χ0) is 15.5. The standard InChI is InChI=1S/C17H21N3O2/c1-12-9-18-17(19-10-12)20-5-4-13(11-20)14-6-15(21-2)8-16(7-14)22-3/h6-10,13H,4-5,11H2,1-3H3. The molecule has 1 aliphatic heterocycles. The van der Waals surface area contributed by atoms with Crippen molar-refractivity contribution in [1.82, 2.24) is 9.97 Å². The van der Waals surface area contributed by atoms with Crippen molar-refractivity contribution < 1.29 is 9.47 Å². The molecule has 1 aromatic heterocycles. The largest absolute Gasteiger partial charge is 0.497 e. The summed E-state index contributed by atoms with van der Waals surface area (Å²) in [5.41, 5.74) is 2.32. The normalized spacial score (nSPS) is 17.6. The number of nitrogens with zero attached hydrogens (tertiary/aromatic N) is 3. The minimum Gasteiger partial charge on any atom is -0.497 e. The fourth-order valence-corrected chi connectivity index (χ4v) is 2.83. The molecular formula is C17H21N3O2. The number of anilines is 1. The molecule has 1 atom stereocenters. The molecule has 0 aliphatic carbocycles. The van der Waals surface area contributed by atoms with Crippen molar-refractivity contribution in [2.75, 3.05) is 32.2 Å². The maximum absolute atomic E-state index is 5.36. The van der Waals surface area contributed by atoms with E-state index in [1.807, 2.05) is 25.4 Å². The third-order valence-electron chi connectivity index (χ3n) is 4.08. The average molecular weight is 299 g/mol. The minimum atomic E-state index is 0.439. The molecule has 1 saturated heterocycles. The van der Waals surface area contributed by atoms with Crippen molar-refractivity contribution in [2.24, 2.45) is 0 Å². The molecule has 1 aromatic carbocycles. The Morgan fingerprint density at radius 1 is 1.05 bits per heavy atom. The van der Waals surface area contributed by atoms with Gasteiger partial charge in [0.1, 0.15) is 11.5 Å². The first kappa shape index (κ1) is 14.6. The Morgan fingerprint density at radius 2 is 1.68 bits per heavy atom. The second-order valence-electron chi connectivity index (χ2n) is 5.64. The van der Waals surface area contributed by atoms with Crippen LogP contribution in [0.1, 0.15) is 23.5 Å². The van der Waals surface area contributed by atoms with Crippen LogP contribution in [0.3, 0.4) is 0 Å². The van der Waals surface area contributed by atoms with E-state index in [1.165, 1.54) is 5.56 Å². The molecule has 0 radical (unpaired) electrons. The topological polar surface area (TPSA) is 47.5 Å². The van der Waals surface area contributed by atoms with E-state index in [-0.39, 0.29) is 0 Å². The lowest BCUT2D eigenvalue weighted by atomic mass is 9.98. The van der Waals surface area contributed by atoms with Crippen LogP contribution in [-0.2, 0) is 0 Å². The highest BCUT2D eigenvalue weighted by Gasteiger charge is 2.26. The van der Waals surface area contributed by atoms with E-state index < -0.39 is 0 Å². The number of rotatable bonds is 4. The monoisotopic (exact) mass is 299 g/mol. The quantitative estimate of drug-likeness (QED) is 0.869. The number of benzene rings is 1. The number of hydrogen-bond acceptors (Lipinski definition) is 5. The van der Waals surface area contributed by atoms with Gasteiger partial charge in [0.15, 0.2) is 0 Å². The molecule has 0 amide bonds. The van der Waals surface area contributed by atoms with Gasteiger partial charge < -0.3 is 14.4 Å². The van der Waals surface area contributed by atoms with Crippen molar-refractivity contribution in [3.8, 4) is 11.5 Å². The summed E-state index contributed by atoms with van der Waals surface area (Å²) in [6, 6.07) is 6.08. The van der Waals surface area contributed by atoms with E-state index in [0.717, 1.165) is 42.5 Å². The second-order valence-corrected chi connectivity index (χ2v) is 5.64. The predicted molar refractivity (Wildman–Crippen MR) is 85.9 cm³/mol. The lowest BCUT2D eigenvalue weighted by Crippen LogP contribution is -2.21. The third kappa shape index (κ3) is 2.98. The molecule has 116 valence electrons. The summed E-state index contributed by atoms with van der Waals surface area (Å²) in [7, 11) is 3.36. The first-order valence-corrected chi connectivity index (χ1v) is 7.46. The van der Waals surface area contributed by atoms with Crippen LogP contribution in [0.4, 0.5) is 5.95 Å². The summed E-state index contributed by atoms with van der Waals surface area (Å²) in [6.07, 6.45) is 4.81. The van der Waals surface area contributed by atoms with Gasteiger partial charge in [-0.2, -0.15) is 0 Å². The number of aryl methyl sites for hydroxylation is 1. The highest BCUT2D eigenvalue weighted by Crippen LogP contribution is 2.33. The Bertz CT molecular complexity index is 621. The Hall–Kier alpha value is -2.30. The van der Waals surface area contributed by atoms with E-state index >= 15 is 0 Å². The minimum absolute atomic E-state index is 0.439. The summed E-state index contributed by atoms with van der Waals surface area (Å²) in [6.45, 7) is 3.88. The van der Waals surface area contributed by atoms with E-state index in [9.17, 15) is 0 Å². The van der Waals surface area contributed by atoms with Gasteiger partial charge in [-0.15, -0.1) is 0 Å². The molecule has 1 aliphatic rings. The van der Waals surface area contributed by atoms with Crippen LogP contribution in [0, 0.1) is 6.92 Å². The maximum Gasteiger partial charge on any atom is 0.225 e. The van der Waals surface area contributed by atoms with Gasteiger partial charge in [0.2, 0.25) is 5.95 Å². The molecule has 5 heteroatoms. The summed E-state index contributed by atoms with van der Waals surface area (Å²) in [5, 5.41) is 0. The molecule has 0 spiro atoms.